The van der Waals surface area contributed by atoms with E-state index in [2.05, 4.69) is 76.3 Å². The molecule has 2 heteroatoms. The van der Waals surface area contributed by atoms with Gasteiger partial charge in [0, 0.05) is 19.0 Å². The average molecular weight is 318 g/mol. The largest absolute Gasteiger partial charge is 0.303 e. The van der Waals surface area contributed by atoms with E-state index in [1.54, 1.807) is 0 Å². The minimum Gasteiger partial charge on any atom is -0.303 e. The maximum atomic E-state index is 10.9. The summed E-state index contributed by atoms with van der Waals surface area (Å²) in [5.41, 5.74) is 1.37. The van der Waals surface area contributed by atoms with Crippen LogP contribution in [0.3, 0.4) is 0 Å². The molecule has 0 amide bonds. The molecular weight excluding hydrogens is 282 g/mol. The highest BCUT2D eigenvalue weighted by Crippen LogP contribution is 2.21. The van der Waals surface area contributed by atoms with E-state index in [0.29, 0.717) is 24.3 Å². The summed E-state index contributed by atoms with van der Waals surface area (Å²) in [6.07, 6.45) is 16.0. The number of aldehydes is 1. The Morgan fingerprint density at radius 3 is 2.61 bits per heavy atom. The molecule has 0 N–H and O–H groups in total. The van der Waals surface area contributed by atoms with Gasteiger partial charge in [-0.25, -0.2) is 0 Å². The molecule has 0 saturated heterocycles. The molecule has 23 heavy (non-hydrogen) atoms. The molecule has 3 unspecified atom stereocenters. The monoisotopic (exact) mass is 317 g/mol. The molecule has 1 aliphatic rings. The number of nitrogens with zero attached hydrogens (tertiary/aromatic N) is 1. The molecule has 0 aromatic heterocycles. The van der Waals surface area contributed by atoms with Gasteiger partial charge in [0.25, 0.3) is 0 Å². The van der Waals surface area contributed by atoms with Crippen molar-refractivity contribution in [3.8, 4) is 0 Å². The molecule has 130 valence electrons. The van der Waals surface area contributed by atoms with Crippen molar-refractivity contribution in [2.75, 3.05) is 13.6 Å². The van der Waals surface area contributed by atoms with Crippen molar-refractivity contribution < 1.29 is 4.79 Å². The predicted octanol–water partition coefficient (Wildman–Crippen LogP) is 5.19. The van der Waals surface area contributed by atoms with E-state index in [1.165, 1.54) is 12.0 Å². The number of hydrogen-bond donors (Lipinski definition) is 0. The number of allylic oxidation sites excluding steroid dienone is 4. The van der Waals surface area contributed by atoms with Gasteiger partial charge in [-0.3, -0.25) is 4.90 Å². The van der Waals surface area contributed by atoms with Crippen LogP contribution in [0, 0.1) is 11.8 Å². The molecule has 3 atom stereocenters. The maximum absolute atomic E-state index is 10.9. The van der Waals surface area contributed by atoms with Crippen LogP contribution in [-0.2, 0) is 4.79 Å². The molecule has 0 fully saturated rings. The van der Waals surface area contributed by atoms with Crippen molar-refractivity contribution in [3.63, 3.8) is 0 Å². The molecule has 2 nitrogen and oxygen atoms in total. The SMILES string of the molecule is C=C.CCC(C)CC(CC=O)CN(C)C(C)C1=CCC=CC=C1. The van der Waals surface area contributed by atoms with Crippen molar-refractivity contribution in [1.82, 2.24) is 4.90 Å². The van der Waals surface area contributed by atoms with Gasteiger partial charge < -0.3 is 4.79 Å². The van der Waals surface area contributed by atoms with Crippen LogP contribution in [0.1, 0.15) is 46.5 Å². The second-order valence-electron chi connectivity index (χ2n) is 6.36. The van der Waals surface area contributed by atoms with Crippen LogP contribution in [0.5, 0.6) is 0 Å². The van der Waals surface area contributed by atoms with E-state index in [1.807, 2.05) is 0 Å². The topological polar surface area (TPSA) is 20.3 Å². The second kappa shape index (κ2) is 13.1. The van der Waals surface area contributed by atoms with Crippen LogP contribution in [-0.4, -0.2) is 30.8 Å². The summed E-state index contributed by atoms with van der Waals surface area (Å²) in [5, 5.41) is 0. The molecule has 1 aliphatic carbocycles. The van der Waals surface area contributed by atoms with Crippen LogP contribution in [0.4, 0.5) is 0 Å². The first-order valence-electron chi connectivity index (χ1n) is 8.75. The average Bonchev–Trinajstić information content (AvgIpc) is 2.85. The fraction of sp³-hybridized carbons (Fsp3) is 0.571. The number of hydrogen-bond acceptors (Lipinski definition) is 2. The smallest absolute Gasteiger partial charge is 0.120 e. The Bertz CT molecular complexity index is 408. The zero-order chi connectivity index (χ0) is 17.7. The highest BCUT2D eigenvalue weighted by molar-refractivity contribution is 5.49. The fourth-order valence-electron chi connectivity index (χ4n) is 2.84. The quantitative estimate of drug-likeness (QED) is 0.431. The molecule has 0 aromatic rings. The van der Waals surface area contributed by atoms with Crippen LogP contribution < -0.4 is 0 Å². The van der Waals surface area contributed by atoms with Gasteiger partial charge in [0.2, 0.25) is 0 Å². The molecule has 0 saturated carbocycles. The Morgan fingerprint density at radius 1 is 1.30 bits per heavy atom. The third-order valence-corrected chi connectivity index (χ3v) is 4.58. The molecule has 0 aliphatic heterocycles. The summed E-state index contributed by atoms with van der Waals surface area (Å²) >= 11 is 0. The van der Waals surface area contributed by atoms with Gasteiger partial charge in [-0.1, -0.05) is 50.6 Å². The number of likely N-dealkylation sites (N-methyl/N-ethyl adjacent to an activating group) is 1. The molecule has 1 rings (SSSR count). The van der Waals surface area contributed by atoms with Gasteiger partial charge in [0.1, 0.15) is 6.29 Å². The second-order valence-corrected chi connectivity index (χ2v) is 6.36. The van der Waals surface area contributed by atoms with E-state index >= 15 is 0 Å². The van der Waals surface area contributed by atoms with Gasteiger partial charge in [0.15, 0.2) is 0 Å². The lowest BCUT2D eigenvalue weighted by Gasteiger charge is -2.30. The highest BCUT2D eigenvalue weighted by atomic mass is 16.1. The van der Waals surface area contributed by atoms with Crippen molar-refractivity contribution in [2.24, 2.45) is 11.8 Å². The van der Waals surface area contributed by atoms with Crippen molar-refractivity contribution in [3.05, 3.63) is 49.1 Å². The zero-order valence-electron chi connectivity index (χ0n) is 15.5. The summed E-state index contributed by atoms with van der Waals surface area (Å²) < 4.78 is 0. The fourth-order valence-corrected chi connectivity index (χ4v) is 2.84. The van der Waals surface area contributed by atoms with E-state index in [4.69, 9.17) is 0 Å². The standard InChI is InChI=1S/C19H31NO.C2H4/c1-5-16(2)14-18(12-13-21)15-20(4)17(3)19-10-8-6-7-9-11-19;1-2/h6-8,10-11,13,16-18H,5,9,12,14-15H2,1-4H3;1-2H2. The summed E-state index contributed by atoms with van der Waals surface area (Å²) in [4.78, 5) is 13.3. The Hall–Kier alpha value is -1.41. The Morgan fingerprint density at radius 2 is 2.00 bits per heavy atom. The maximum Gasteiger partial charge on any atom is 0.120 e. The van der Waals surface area contributed by atoms with Crippen LogP contribution >= 0.6 is 0 Å². The highest BCUT2D eigenvalue weighted by Gasteiger charge is 2.19. The third-order valence-electron chi connectivity index (χ3n) is 4.58. The Balaban J connectivity index is 0.00000232. The first-order valence-corrected chi connectivity index (χ1v) is 8.75. The number of carbonyl (C=O) groups is 1. The lowest BCUT2D eigenvalue weighted by atomic mass is 9.91. The minimum atomic E-state index is 0.396. The molecule has 0 heterocycles. The van der Waals surface area contributed by atoms with Gasteiger partial charge in [0.05, 0.1) is 0 Å². The van der Waals surface area contributed by atoms with Gasteiger partial charge in [-0.2, -0.15) is 0 Å². The first-order chi connectivity index (χ1) is 11.1. The molecule has 0 radical (unpaired) electrons. The Labute approximate surface area is 143 Å². The summed E-state index contributed by atoms with van der Waals surface area (Å²) in [7, 11) is 2.17. The third kappa shape index (κ3) is 8.71. The van der Waals surface area contributed by atoms with Crippen LogP contribution in [0.2, 0.25) is 0 Å². The van der Waals surface area contributed by atoms with E-state index in [9.17, 15) is 4.79 Å². The van der Waals surface area contributed by atoms with E-state index in [-0.39, 0.29) is 0 Å². The summed E-state index contributed by atoms with van der Waals surface area (Å²) in [6, 6.07) is 0.396. The lowest BCUT2D eigenvalue weighted by molar-refractivity contribution is -0.108. The zero-order valence-corrected chi connectivity index (χ0v) is 15.5. The van der Waals surface area contributed by atoms with Gasteiger partial charge in [-0.05, 0) is 44.2 Å². The normalized spacial score (nSPS) is 17.5. The molecule has 0 aromatic carbocycles. The van der Waals surface area contributed by atoms with E-state index < -0.39 is 0 Å². The first kappa shape index (κ1) is 21.6. The predicted molar refractivity (Wildman–Crippen MR) is 103 cm³/mol. The van der Waals surface area contributed by atoms with Crippen molar-refractivity contribution in [1.29, 1.82) is 0 Å². The molecule has 0 spiro atoms. The van der Waals surface area contributed by atoms with Gasteiger partial charge in [-0.15, -0.1) is 13.2 Å². The summed E-state index contributed by atoms with van der Waals surface area (Å²) in [5.74, 6) is 1.17. The van der Waals surface area contributed by atoms with Crippen molar-refractivity contribution >= 4 is 6.29 Å². The Kier molecular flexibility index (Phi) is 12.3. The number of rotatable bonds is 9. The van der Waals surface area contributed by atoms with E-state index in [0.717, 1.165) is 25.7 Å². The molecule has 0 bridgehead atoms. The van der Waals surface area contributed by atoms with Gasteiger partial charge >= 0.3 is 0 Å². The molecular formula is C21H35NO. The summed E-state index contributed by atoms with van der Waals surface area (Å²) in [6.45, 7) is 13.7. The van der Waals surface area contributed by atoms with Crippen LogP contribution in [0.15, 0.2) is 49.1 Å². The number of carbonyl (C=O) groups excluding carboxylic acids is 1. The minimum absolute atomic E-state index is 0.396. The van der Waals surface area contributed by atoms with Crippen LogP contribution in [0.25, 0.3) is 0 Å². The van der Waals surface area contributed by atoms with Crippen molar-refractivity contribution in [2.45, 2.75) is 52.5 Å². The lowest BCUT2D eigenvalue weighted by Crippen LogP contribution is -2.35.